The van der Waals surface area contributed by atoms with Crippen molar-refractivity contribution in [1.82, 2.24) is 0 Å². The molecule has 2 atom stereocenters. The van der Waals surface area contributed by atoms with Gasteiger partial charge < -0.3 is 9.84 Å². The van der Waals surface area contributed by atoms with Gasteiger partial charge in [0.1, 0.15) is 0 Å². The van der Waals surface area contributed by atoms with E-state index in [2.05, 4.69) is 20.8 Å². The molecule has 0 fully saturated rings. The highest BCUT2D eigenvalue weighted by Crippen LogP contribution is 2.19. The lowest BCUT2D eigenvalue weighted by molar-refractivity contribution is 0.0401. The molecule has 0 spiro atoms. The molecule has 0 aliphatic carbocycles. The molecule has 110 valence electrons. The van der Waals surface area contributed by atoms with Gasteiger partial charge in [-0.2, -0.15) is 0 Å². The van der Waals surface area contributed by atoms with Gasteiger partial charge in [0.2, 0.25) is 0 Å². The second kappa shape index (κ2) is 9.80. The van der Waals surface area contributed by atoms with E-state index in [9.17, 15) is 5.11 Å². The van der Waals surface area contributed by atoms with Crippen molar-refractivity contribution < 1.29 is 9.84 Å². The summed E-state index contributed by atoms with van der Waals surface area (Å²) in [6, 6.07) is 0. The van der Waals surface area contributed by atoms with Crippen LogP contribution in [-0.4, -0.2) is 23.9 Å². The smallest absolute Gasteiger partial charge is 0.0617 e. The van der Waals surface area contributed by atoms with Crippen LogP contribution in [0.1, 0.15) is 73.1 Å². The SMILES string of the molecule is CCC(CCOCCCCC(C)(O)CC)C(C)C. The van der Waals surface area contributed by atoms with E-state index >= 15 is 0 Å². The Hall–Kier alpha value is -0.0800. The van der Waals surface area contributed by atoms with Crippen LogP contribution in [0, 0.1) is 11.8 Å². The summed E-state index contributed by atoms with van der Waals surface area (Å²) in [7, 11) is 0. The van der Waals surface area contributed by atoms with Gasteiger partial charge in [-0.05, 0) is 50.9 Å². The molecular formula is C16H34O2. The molecule has 2 nitrogen and oxygen atoms in total. The van der Waals surface area contributed by atoms with Gasteiger partial charge in [0, 0.05) is 13.2 Å². The average Bonchev–Trinajstić information content (AvgIpc) is 2.32. The molecule has 0 bridgehead atoms. The minimum atomic E-state index is -0.481. The highest BCUT2D eigenvalue weighted by molar-refractivity contribution is 4.69. The molecule has 0 saturated heterocycles. The Balaban J connectivity index is 3.41. The van der Waals surface area contributed by atoms with E-state index < -0.39 is 5.60 Å². The van der Waals surface area contributed by atoms with Crippen LogP contribution < -0.4 is 0 Å². The Morgan fingerprint density at radius 2 is 1.78 bits per heavy atom. The van der Waals surface area contributed by atoms with Gasteiger partial charge in [0.25, 0.3) is 0 Å². The Labute approximate surface area is 114 Å². The molecular weight excluding hydrogens is 224 g/mol. The standard InChI is InChI=1S/C16H34O2/c1-6-15(14(3)4)10-13-18-12-9-8-11-16(5,17)7-2/h14-15,17H,6-13H2,1-5H3. The van der Waals surface area contributed by atoms with Crippen molar-refractivity contribution in [2.24, 2.45) is 11.8 Å². The lowest BCUT2D eigenvalue weighted by Gasteiger charge is -2.21. The largest absolute Gasteiger partial charge is 0.390 e. The molecule has 0 rings (SSSR count). The normalized spacial score (nSPS) is 16.8. The molecule has 0 aromatic carbocycles. The maximum atomic E-state index is 9.85. The molecule has 0 aliphatic heterocycles. The van der Waals surface area contributed by atoms with E-state index in [1.807, 2.05) is 13.8 Å². The summed E-state index contributed by atoms with van der Waals surface area (Å²) >= 11 is 0. The van der Waals surface area contributed by atoms with Crippen molar-refractivity contribution in [3.8, 4) is 0 Å². The third-order valence-electron chi connectivity index (χ3n) is 4.12. The van der Waals surface area contributed by atoms with Crippen LogP contribution in [-0.2, 0) is 4.74 Å². The predicted molar refractivity (Wildman–Crippen MR) is 78.8 cm³/mol. The van der Waals surface area contributed by atoms with Crippen LogP contribution in [0.25, 0.3) is 0 Å². The summed E-state index contributed by atoms with van der Waals surface area (Å²) < 4.78 is 5.68. The van der Waals surface area contributed by atoms with Gasteiger partial charge in [0.05, 0.1) is 5.60 Å². The maximum Gasteiger partial charge on any atom is 0.0617 e. The third kappa shape index (κ3) is 8.93. The van der Waals surface area contributed by atoms with Crippen molar-refractivity contribution in [2.75, 3.05) is 13.2 Å². The molecule has 0 aromatic rings. The van der Waals surface area contributed by atoms with Gasteiger partial charge in [-0.15, -0.1) is 0 Å². The summed E-state index contributed by atoms with van der Waals surface area (Å²) in [5.41, 5.74) is -0.481. The molecule has 1 N–H and O–H groups in total. The van der Waals surface area contributed by atoms with E-state index in [-0.39, 0.29) is 0 Å². The first-order chi connectivity index (χ1) is 8.43. The fraction of sp³-hybridized carbons (Fsp3) is 1.00. The van der Waals surface area contributed by atoms with Crippen LogP contribution in [0.15, 0.2) is 0 Å². The Morgan fingerprint density at radius 3 is 2.28 bits per heavy atom. The maximum absolute atomic E-state index is 9.85. The monoisotopic (exact) mass is 258 g/mol. The first kappa shape index (κ1) is 17.9. The molecule has 0 amide bonds. The van der Waals surface area contributed by atoms with Crippen molar-refractivity contribution in [3.05, 3.63) is 0 Å². The molecule has 0 saturated carbocycles. The second-order valence-corrected chi connectivity index (χ2v) is 6.12. The Kier molecular flexibility index (Phi) is 9.76. The van der Waals surface area contributed by atoms with Gasteiger partial charge in [-0.25, -0.2) is 0 Å². The van der Waals surface area contributed by atoms with Crippen molar-refractivity contribution >= 4 is 0 Å². The Morgan fingerprint density at radius 1 is 1.11 bits per heavy atom. The molecule has 0 aliphatic rings. The first-order valence-electron chi connectivity index (χ1n) is 7.73. The number of rotatable bonds is 11. The zero-order chi connectivity index (χ0) is 14.0. The average molecular weight is 258 g/mol. The predicted octanol–water partition coefficient (Wildman–Crippen LogP) is 4.41. The van der Waals surface area contributed by atoms with E-state index in [4.69, 9.17) is 4.74 Å². The molecule has 2 heteroatoms. The highest BCUT2D eigenvalue weighted by Gasteiger charge is 2.16. The molecule has 18 heavy (non-hydrogen) atoms. The van der Waals surface area contributed by atoms with E-state index in [0.717, 1.165) is 50.7 Å². The van der Waals surface area contributed by atoms with E-state index in [0.29, 0.717) is 0 Å². The number of ether oxygens (including phenoxy) is 1. The summed E-state index contributed by atoms with van der Waals surface area (Å²) in [5.74, 6) is 1.56. The zero-order valence-electron chi connectivity index (χ0n) is 13.2. The molecule has 0 aromatic heterocycles. The number of hydrogen-bond acceptors (Lipinski definition) is 2. The third-order valence-corrected chi connectivity index (χ3v) is 4.12. The zero-order valence-corrected chi connectivity index (χ0v) is 13.2. The number of aliphatic hydroxyl groups is 1. The van der Waals surface area contributed by atoms with Gasteiger partial charge in [-0.1, -0.05) is 34.1 Å². The van der Waals surface area contributed by atoms with Gasteiger partial charge in [0.15, 0.2) is 0 Å². The van der Waals surface area contributed by atoms with E-state index in [1.165, 1.54) is 12.8 Å². The Bertz CT molecular complexity index is 188. The van der Waals surface area contributed by atoms with Crippen LogP contribution >= 0.6 is 0 Å². The lowest BCUT2D eigenvalue weighted by atomic mass is 9.91. The summed E-state index contributed by atoms with van der Waals surface area (Å²) in [4.78, 5) is 0. The van der Waals surface area contributed by atoms with Gasteiger partial charge in [-0.3, -0.25) is 0 Å². The minimum absolute atomic E-state index is 0.481. The minimum Gasteiger partial charge on any atom is -0.390 e. The van der Waals surface area contributed by atoms with E-state index in [1.54, 1.807) is 0 Å². The van der Waals surface area contributed by atoms with Crippen molar-refractivity contribution in [2.45, 2.75) is 78.7 Å². The quantitative estimate of drug-likeness (QED) is 0.556. The summed E-state index contributed by atoms with van der Waals surface area (Å²) in [6.07, 6.45) is 6.27. The van der Waals surface area contributed by atoms with Gasteiger partial charge >= 0.3 is 0 Å². The summed E-state index contributed by atoms with van der Waals surface area (Å²) in [5, 5.41) is 9.85. The fourth-order valence-corrected chi connectivity index (χ4v) is 2.23. The molecule has 0 heterocycles. The number of unbranched alkanes of at least 4 members (excludes halogenated alkanes) is 1. The van der Waals surface area contributed by atoms with Crippen LogP contribution in [0.4, 0.5) is 0 Å². The lowest BCUT2D eigenvalue weighted by Crippen LogP contribution is -2.22. The van der Waals surface area contributed by atoms with Crippen LogP contribution in [0.2, 0.25) is 0 Å². The molecule has 2 unspecified atom stereocenters. The highest BCUT2D eigenvalue weighted by atomic mass is 16.5. The fourth-order valence-electron chi connectivity index (χ4n) is 2.23. The second-order valence-electron chi connectivity index (χ2n) is 6.12. The van der Waals surface area contributed by atoms with Crippen molar-refractivity contribution in [1.29, 1.82) is 0 Å². The van der Waals surface area contributed by atoms with Crippen LogP contribution in [0.3, 0.4) is 0 Å². The first-order valence-corrected chi connectivity index (χ1v) is 7.73. The number of hydrogen-bond donors (Lipinski definition) is 1. The van der Waals surface area contributed by atoms with Crippen LogP contribution in [0.5, 0.6) is 0 Å². The van der Waals surface area contributed by atoms with Crippen molar-refractivity contribution in [3.63, 3.8) is 0 Å². The topological polar surface area (TPSA) is 29.5 Å². The molecule has 0 radical (unpaired) electrons. The summed E-state index contributed by atoms with van der Waals surface area (Å²) in [6.45, 7) is 12.5.